The zero-order valence-corrected chi connectivity index (χ0v) is 9.97. The highest BCUT2D eigenvalue weighted by atomic mass is 19.1. The van der Waals surface area contributed by atoms with E-state index in [1.165, 1.54) is 6.07 Å². The van der Waals surface area contributed by atoms with E-state index in [1.807, 2.05) is 6.92 Å². The Bertz CT molecular complexity index is 344. The lowest BCUT2D eigenvalue weighted by Gasteiger charge is -2.31. The fourth-order valence-electron chi connectivity index (χ4n) is 1.63. The molecule has 15 heavy (non-hydrogen) atoms. The molecule has 1 nitrogen and oxygen atoms in total. The SMILES string of the molecule is CCC(C)(C)C(N)c1ccc(F)cc1C. The Morgan fingerprint density at radius 1 is 1.40 bits per heavy atom. The zero-order chi connectivity index (χ0) is 11.6. The summed E-state index contributed by atoms with van der Waals surface area (Å²) in [6.45, 7) is 8.31. The van der Waals surface area contributed by atoms with Crippen LogP contribution in [0.25, 0.3) is 0 Å². The molecule has 0 radical (unpaired) electrons. The molecule has 0 saturated heterocycles. The van der Waals surface area contributed by atoms with E-state index in [2.05, 4.69) is 20.8 Å². The van der Waals surface area contributed by atoms with Crippen LogP contribution in [0.1, 0.15) is 44.4 Å². The van der Waals surface area contributed by atoms with Crippen molar-refractivity contribution < 1.29 is 4.39 Å². The first-order valence-corrected chi connectivity index (χ1v) is 5.40. The van der Waals surface area contributed by atoms with Crippen molar-refractivity contribution >= 4 is 0 Å². The van der Waals surface area contributed by atoms with E-state index in [-0.39, 0.29) is 17.3 Å². The minimum atomic E-state index is -0.197. The first-order chi connectivity index (χ1) is 6.88. The predicted octanol–water partition coefficient (Wildman–Crippen LogP) is 3.57. The Kier molecular flexibility index (Phi) is 3.50. The number of nitrogens with two attached hydrogens (primary N) is 1. The van der Waals surface area contributed by atoms with E-state index >= 15 is 0 Å². The van der Waals surface area contributed by atoms with Crippen LogP contribution in [0.2, 0.25) is 0 Å². The highest BCUT2D eigenvalue weighted by Crippen LogP contribution is 2.35. The summed E-state index contributed by atoms with van der Waals surface area (Å²) in [6.07, 6.45) is 1.00. The van der Waals surface area contributed by atoms with Crippen LogP contribution < -0.4 is 5.73 Å². The Labute approximate surface area is 91.5 Å². The molecule has 0 aliphatic heterocycles. The van der Waals surface area contributed by atoms with Gasteiger partial charge < -0.3 is 5.73 Å². The molecule has 0 heterocycles. The predicted molar refractivity (Wildman–Crippen MR) is 62.1 cm³/mol. The maximum absolute atomic E-state index is 12.9. The van der Waals surface area contributed by atoms with Crippen molar-refractivity contribution in [2.24, 2.45) is 11.1 Å². The van der Waals surface area contributed by atoms with Gasteiger partial charge in [0.25, 0.3) is 0 Å². The van der Waals surface area contributed by atoms with Crippen LogP contribution in [-0.2, 0) is 0 Å². The maximum Gasteiger partial charge on any atom is 0.123 e. The molecule has 0 aromatic heterocycles. The highest BCUT2D eigenvalue weighted by Gasteiger charge is 2.26. The average molecular weight is 209 g/mol. The van der Waals surface area contributed by atoms with Gasteiger partial charge in [-0.2, -0.15) is 0 Å². The van der Waals surface area contributed by atoms with E-state index < -0.39 is 0 Å². The summed E-state index contributed by atoms with van der Waals surface area (Å²) in [4.78, 5) is 0. The van der Waals surface area contributed by atoms with Gasteiger partial charge in [0.1, 0.15) is 5.82 Å². The first kappa shape index (κ1) is 12.2. The number of hydrogen-bond donors (Lipinski definition) is 1. The fourth-order valence-corrected chi connectivity index (χ4v) is 1.63. The van der Waals surface area contributed by atoms with E-state index in [0.717, 1.165) is 17.5 Å². The van der Waals surface area contributed by atoms with Crippen molar-refractivity contribution in [3.63, 3.8) is 0 Å². The topological polar surface area (TPSA) is 26.0 Å². The smallest absolute Gasteiger partial charge is 0.123 e. The van der Waals surface area contributed by atoms with Crippen molar-refractivity contribution in [3.8, 4) is 0 Å². The van der Waals surface area contributed by atoms with E-state index in [4.69, 9.17) is 5.73 Å². The largest absolute Gasteiger partial charge is 0.323 e. The van der Waals surface area contributed by atoms with Crippen molar-refractivity contribution in [3.05, 3.63) is 35.1 Å². The summed E-state index contributed by atoms with van der Waals surface area (Å²) in [5, 5.41) is 0. The molecule has 0 saturated carbocycles. The monoisotopic (exact) mass is 209 g/mol. The van der Waals surface area contributed by atoms with Gasteiger partial charge >= 0.3 is 0 Å². The molecule has 0 aliphatic carbocycles. The normalized spacial score (nSPS) is 14.0. The molecule has 0 aliphatic rings. The maximum atomic E-state index is 12.9. The van der Waals surface area contributed by atoms with Gasteiger partial charge in [0.05, 0.1) is 0 Å². The van der Waals surface area contributed by atoms with Crippen LogP contribution in [0.15, 0.2) is 18.2 Å². The van der Waals surface area contributed by atoms with Crippen LogP contribution in [0, 0.1) is 18.2 Å². The van der Waals surface area contributed by atoms with Gasteiger partial charge in [-0.3, -0.25) is 0 Å². The van der Waals surface area contributed by atoms with Gasteiger partial charge in [-0.05, 0) is 42.0 Å². The van der Waals surface area contributed by atoms with Crippen molar-refractivity contribution in [1.82, 2.24) is 0 Å². The van der Waals surface area contributed by atoms with Gasteiger partial charge in [0.2, 0.25) is 0 Å². The quantitative estimate of drug-likeness (QED) is 0.809. The van der Waals surface area contributed by atoms with Gasteiger partial charge in [-0.25, -0.2) is 4.39 Å². The summed E-state index contributed by atoms with van der Waals surface area (Å²) >= 11 is 0. The molecule has 2 N–H and O–H groups in total. The number of benzene rings is 1. The fraction of sp³-hybridized carbons (Fsp3) is 0.538. The van der Waals surface area contributed by atoms with Crippen LogP contribution in [0.4, 0.5) is 4.39 Å². The third kappa shape index (κ3) is 2.57. The molecule has 1 aromatic carbocycles. The Morgan fingerprint density at radius 3 is 2.47 bits per heavy atom. The highest BCUT2D eigenvalue weighted by molar-refractivity contribution is 5.30. The van der Waals surface area contributed by atoms with Gasteiger partial charge in [0.15, 0.2) is 0 Å². The second-order valence-corrected chi connectivity index (χ2v) is 4.82. The lowest BCUT2D eigenvalue weighted by Crippen LogP contribution is -2.29. The lowest BCUT2D eigenvalue weighted by atomic mass is 9.78. The Morgan fingerprint density at radius 2 is 2.00 bits per heavy atom. The molecule has 0 amide bonds. The Hall–Kier alpha value is -0.890. The third-order valence-electron chi connectivity index (χ3n) is 3.32. The Balaban J connectivity index is 3.06. The molecular formula is C13H20FN. The number of halogens is 1. The third-order valence-corrected chi connectivity index (χ3v) is 3.32. The first-order valence-electron chi connectivity index (χ1n) is 5.40. The van der Waals surface area contributed by atoms with Crippen molar-refractivity contribution in [2.75, 3.05) is 0 Å². The molecule has 1 aromatic rings. The molecule has 1 atom stereocenters. The van der Waals surface area contributed by atoms with E-state index in [1.54, 1.807) is 12.1 Å². The summed E-state index contributed by atoms with van der Waals surface area (Å²) in [7, 11) is 0. The van der Waals surface area contributed by atoms with Gasteiger partial charge in [-0.1, -0.05) is 26.8 Å². The van der Waals surface area contributed by atoms with E-state index in [9.17, 15) is 4.39 Å². The lowest BCUT2D eigenvalue weighted by molar-refractivity contribution is 0.277. The minimum absolute atomic E-state index is 0.0388. The van der Waals surface area contributed by atoms with Crippen molar-refractivity contribution in [1.29, 1.82) is 0 Å². The van der Waals surface area contributed by atoms with Crippen LogP contribution in [0.5, 0.6) is 0 Å². The number of aryl methyl sites for hydroxylation is 1. The van der Waals surface area contributed by atoms with Gasteiger partial charge in [-0.15, -0.1) is 0 Å². The summed E-state index contributed by atoms with van der Waals surface area (Å²) in [6, 6.07) is 4.78. The minimum Gasteiger partial charge on any atom is -0.323 e. The van der Waals surface area contributed by atoms with Crippen LogP contribution >= 0.6 is 0 Å². The second-order valence-electron chi connectivity index (χ2n) is 4.82. The van der Waals surface area contributed by atoms with Crippen LogP contribution in [-0.4, -0.2) is 0 Å². The second kappa shape index (κ2) is 4.31. The standard InChI is InChI=1S/C13H20FN/c1-5-13(3,4)12(15)11-7-6-10(14)8-9(11)2/h6-8,12H,5,15H2,1-4H3. The number of rotatable bonds is 3. The summed E-state index contributed by atoms with van der Waals surface area (Å²) in [5.41, 5.74) is 8.23. The molecule has 0 spiro atoms. The molecule has 1 rings (SSSR count). The summed E-state index contributed by atoms with van der Waals surface area (Å²) < 4.78 is 12.9. The van der Waals surface area contributed by atoms with Crippen molar-refractivity contribution in [2.45, 2.75) is 40.2 Å². The molecule has 0 bridgehead atoms. The molecule has 1 unspecified atom stereocenters. The average Bonchev–Trinajstić information content (AvgIpc) is 2.17. The number of hydrogen-bond acceptors (Lipinski definition) is 1. The van der Waals surface area contributed by atoms with E-state index in [0.29, 0.717) is 0 Å². The van der Waals surface area contributed by atoms with Crippen LogP contribution in [0.3, 0.4) is 0 Å². The summed E-state index contributed by atoms with van der Waals surface area (Å²) in [5.74, 6) is -0.197. The zero-order valence-electron chi connectivity index (χ0n) is 9.97. The molecular weight excluding hydrogens is 189 g/mol. The van der Waals surface area contributed by atoms with Gasteiger partial charge in [0, 0.05) is 6.04 Å². The molecule has 2 heteroatoms. The molecule has 0 fully saturated rings. The molecule has 84 valence electrons.